The van der Waals surface area contributed by atoms with Gasteiger partial charge in [-0.1, -0.05) is 96.9 Å². The summed E-state index contributed by atoms with van der Waals surface area (Å²) in [6, 6.07) is 25.6. The fraction of sp³-hybridized carbons (Fsp3) is 0.273. The van der Waals surface area contributed by atoms with Crippen LogP contribution >= 0.6 is 23.2 Å². The van der Waals surface area contributed by atoms with Crippen LogP contribution in [0.5, 0.6) is 0 Å². The summed E-state index contributed by atoms with van der Waals surface area (Å²) in [7, 11) is -2.69. The number of fused-ring (bicyclic) bond motifs is 1. The van der Waals surface area contributed by atoms with Crippen molar-refractivity contribution < 1.29 is 18.0 Å². The largest absolute Gasteiger partial charge is 0.352 e. The van der Waals surface area contributed by atoms with Gasteiger partial charge in [0.1, 0.15) is 6.04 Å². The zero-order chi connectivity index (χ0) is 31.1. The Bertz CT molecular complexity index is 1680. The molecule has 0 fully saturated rings. The third-order valence-corrected chi connectivity index (χ3v) is 9.96. The first-order valence-electron chi connectivity index (χ1n) is 14.0. The summed E-state index contributed by atoms with van der Waals surface area (Å²) in [4.78, 5) is 29.3. The van der Waals surface area contributed by atoms with Crippen LogP contribution in [-0.4, -0.2) is 55.1 Å². The number of amides is 2. The highest BCUT2D eigenvalue weighted by Crippen LogP contribution is 2.28. The van der Waals surface area contributed by atoms with Crippen LogP contribution in [0.3, 0.4) is 0 Å². The summed E-state index contributed by atoms with van der Waals surface area (Å²) >= 11 is 13.0. The lowest BCUT2D eigenvalue weighted by atomic mass is 10.0. The van der Waals surface area contributed by atoms with Gasteiger partial charge < -0.3 is 10.2 Å². The first kappa shape index (κ1) is 32.5. The number of hydrogen-bond acceptors (Lipinski definition) is 4. The van der Waals surface area contributed by atoms with E-state index in [0.717, 1.165) is 20.6 Å². The molecule has 0 bridgehead atoms. The van der Waals surface area contributed by atoms with Gasteiger partial charge in [0.25, 0.3) is 0 Å². The number of carbonyl (C=O) groups excluding carboxylic acids is 2. The number of likely N-dealkylation sites (N-methyl/N-ethyl adjacent to an activating group) is 1. The Balaban J connectivity index is 1.71. The highest BCUT2D eigenvalue weighted by atomic mass is 35.5. The van der Waals surface area contributed by atoms with E-state index in [2.05, 4.69) is 5.32 Å². The SMILES string of the molecule is CC[C@@H](C)NC(=O)[C@H](Cc1ccccc1)N(Cc1c(Cl)cccc1Cl)C(=O)CN(C)S(=O)(=O)c1ccc2ccccc2c1. The van der Waals surface area contributed by atoms with Crippen molar-refractivity contribution in [2.75, 3.05) is 13.6 Å². The summed E-state index contributed by atoms with van der Waals surface area (Å²) in [5.41, 5.74) is 1.31. The molecular formula is C33H35Cl2N3O4S. The van der Waals surface area contributed by atoms with Crippen LogP contribution in [0.4, 0.5) is 0 Å². The van der Waals surface area contributed by atoms with E-state index in [1.54, 1.807) is 30.3 Å². The molecule has 0 aliphatic heterocycles. The van der Waals surface area contributed by atoms with Crippen LogP contribution in [-0.2, 0) is 32.6 Å². The van der Waals surface area contributed by atoms with E-state index in [1.165, 1.54) is 18.0 Å². The van der Waals surface area contributed by atoms with Crippen molar-refractivity contribution in [2.24, 2.45) is 0 Å². The molecule has 0 aliphatic carbocycles. The first-order valence-corrected chi connectivity index (χ1v) is 16.2. The van der Waals surface area contributed by atoms with Crippen LogP contribution in [0.2, 0.25) is 10.0 Å². The predicted molar refractivity (Wildman–Crippen MR) is 173 cm³/mol. The first-order chi connectivity index (χ1) is 20.5. The number of hydrogen-bond donors (Lipinski definition) is 1. The lowest BCUT2D eigenvalue weighted by Gasteiger charge is -2.33. The Morgan fingerprint density at radius 1 is 0.860 bits per heavy atom. The molecule has 0 saturated carbocycles. The van der Waals surface area contributed by atoms with Crippen LogP contribution in [0.25, 0.3) is 10.8 Å². The van der Waals surface area contributed by atoms with Gasteiger partial charge in [0, 0.05) is 41.7 Å². The van der Waals surface area contributed by atoms with E-state index >= 15 is 0 Å². The highest BCUT2D eigenvalue weighted by molar-refractivity contribution is 7.89. The number of carbonyl (C=O) groups is 2. The maximum atomic E-state index is 14.1. The van der Waals surface area contributed by atoms with Crippen molar-refractivity contribution in [3.8, 4) is 0 Å². The molecule has 2 amide bonds. The van der Waals surface area contributed by atoms with E-state index in [4.69, 9.17) is 23.2 Å². The second kappa shape index (κ2) is 14.4. The molecule has 0 aromatic heterocycles. The second-order valence-corrected chi connectivity index (χ2v) is 13.4. The molecule has 0 unspecified atom stereocenters. The third kappa shape index (κ3) is 7.95. The maximum Gasteiger partial charge on any atom is 0.243 e. The summed E-state index contributed by atoms with van der Waals surface area (Å²) in [5.74, 6) is -0.919. The fourth-order valence-corrected chi connectivity index (χ4v) is 6.40. The van der Waals surface area contributed by atoms with Crippen molar-refractivity contribution in [3.63, 3.8) is 0 Å². The molecule has 0 radical (unpaired) electrons. The van der Waals surface area contributed by atoms with Crippen molar-refractivity contribution in [1.29, 1.82) is 0 Å². The molecule has 0 heterocycles. The Morgan fingerprint density at radius 2 is 1.49 bits per heavy atom. The van der Waals surface area contributed by atoms with Gasteiger partial charge in [0.15, 0.2) is 0 Å². The van der Waals surface area contributed by atoms with Gasteiger partial charge >= 0.3 is 0 Å². The van der Waals surface area contributed by atoms with Crippen molar-refractivity contribution in [1.82, 2.24) is 14.5 Å². The molecule has 2 atom stereocenters. The number of nitrogens with one attached hydrogen (secondary N) is 1. The Kier molecular flexibility index (Phi) is 10.8. The van der Waals surface area contributed by atoms with Crippen LogP contribution < -0.4 is 5.32 Å². The smallest absolute Gasteiger partial charge is 0.243 e. The third-order valence-electron chi connectivity index (χ3n) is 7.45. The molecule has 0 saturated heterocycles. The molecule has 0 aliphatic rings. The molecule has 226 valence electrons. The zero-order valence-electron chi connectivity index (χ0n) is 24.3. The van der Waals surface area contributed by atoms with E-state index < -0.39 is 28.5 Å². The minimum atomic E-state index is -4.04. The number of rotatable bonds is 12. The van der Waals surface area contributed by atoms with Gasteiger partial charge in [-0.2, -0.15) is 4.31 Å². The summed E-state index contributed by atoms with van der Waals surface area (Å²) in [5, 5.41) is 5.34. The zero-order valence-corrected chi connectivity index (χ0v) is 26.7. The van der Waals surface area contributed by atoms with Gasteiger partial charge in [-0.15, -0.1) is 0 Å². The molecule has 0 spiro atoms. The molecule has 4 aromatic carbocycles. The molecule has 43 heavy (non-hydrogen) atoms. The van der Waals surface area contributed by atoms with Gasteiger partial charge in [0.05, 0.1) is 11.4 Å². The summed E-state index contributed by atoms with van der Waals surface area (Å²) in [6.07, 6.45) is 0.902. The van der Waals surface area contributed by atoms with E-state index in [-0.39, 0.29) is 29.8 Å². The Hall–Kier alpha value is -3.43. The maximum absolute atomic E-state index is 14.1. The van der Waals surface area contributed by atoms with Crippen molar-refractivity contribution in [2.45, 2.75) is 50.2 Å². The van der Waals surface area contributed by atoms with Gasteiger partial charge in [-0.3, -0.25) is 9.59 Å². The number of sulfonamides is 1. The minimum Gasteiger partial charge on any atom is -0.352 e. The van der Waals surface area contributed by atoms with E-state index in [1.807, 2.05) is 68.4 Å². The standard InChI is InChI=1S/C33H35Cl2N3O4S/c1-4-23(2)36-33(40)31(19-24-11-6-5-7-12-24)38(21-28-29(34)15-10-16-30(28)35)32(39)22-37(3)43(41,42)27-18-17-25-13-8-9-14-26(25)20-27/h5-18,20,23,31H,4,19,21-22H2,1-3H3,(H,36,40)/t23-,31+/m1/s1. The van der Waals surface area contributed by atoms with Crippen LogP contribution in [0.15, 0.2) is 95.9 Å². The minimum absolute atomic E-state index is 0.0672. The quantitative estimate of drug-likeness (QED) is 0.196. The lowest BCUT2D eigenvalue weighted by molar-refractivity contribution is -0.141. The van der Waals surface area contributed by atoms with Gasteiger partial charge in [-0.05, 0) is 53.9 Å². The van der Waals surface area contributed by atoms with Crippen molar-refractivity contribution in [3.05, 3.63) is 112 Å². The lowest BCUT2D eigenvalue weighted by Crippen LogP contribution is -2.54. The number of benzene rings is 4. The monoisotopic (exact) mass is 639 g/mol. The molecule has 10 heteroatoms. The average molecular weight is 641 g/mol. The van der Waals surface area contributed by atoms with Crippen LogP contribution in [0, 0.1) is 0 Å². The molecule has 7 nitrogen and oxygen atoms in total. The normalized spacial score (nSPS) is 13.1. The Labute approximate surface area is 263 Å². The van der Waals surface area contributed by atoms with Crippen LogP contribution in [0.1, 0.15) is 31.4 Å². The topological polar surface area (TPSA) is 86.8 Å². The van der Waals surface area contributed by atoms with E-state index in [0.29, 0.717) is 22.0 Å². The molecule has 1 N–H and O–H groups in total. The summed E-state index contributed by atoms with van der Waals surface area (Å²) in [6.45, 7) is 3.25. The molecule has 4 aromatic rings. The van der Waals surface area contributed by atoms with Gasteiger partial charge in [-0.25, -0.2) is 8.42 Å². The van der Waals surface area contributed by atoms with Gasteiger partial charge in [0.2, 0.25) is 21.8 Å². The Morgan fingerprint density at radius 3 is 2.14 bits per heavy atom. The van der Waals surface area contributed by atoms with E-state index in [9.17, 15) is 18.0 Å². The molecular weight excluding hydrogens is 605 g/mol. The van der Waals surface area contributed by atoms with Crippen molar-refractivity contribution >= 4 is 55.8 Å². The fourth-order valence-electron chi connectivity index (χ4n) is 4.72. The predicted octanol–water partition coefficient (Wildman–Crippen LogP) is 6.32. The average Bonchev–Trinajstić information content (AvgIpc) is 3.00. The second-order valence-electron chi connectivity index (χ2n) is 10.5. The summed E-state index contributed by atoms with van der Waals surface area (Å²) < 4.78 is 28.2. The molecule has 4 rings (SSSR count). The number of nitrogens with zero attached hydrogens (tertiary/aromatic N) is 2. The number of halogens is 2. The highest BCUT2D eigenvalue weighted by Gasteiger charge is 2.34.